The molecule has 2 rings (SSSR count). The standard InChI is InChI=1S/C15H23NO4/c1-13(2)6-14(3)8-15(4,7-13)12(20)16(5)10(14)9(17)11(18)19/h17H,6-8H2,1-5H3,(H,18,19)/b10-9+. The third kappa shape index (κ3) is 2.00. The van der Waals surface area contributed by atoms with Crippen molar-refractivity contribution in [1.82, 2.24) is 4.90 Å². The normalized spacial score (nSPS) is 38.6. The van der Waals surface area contributed by atoms with Gasteiger partial charge in [-0.1, -0.05) is 27.7 Å². The van der Waals surface area contributed by atoms with Gasteiger partial charge >= 0.3 is 5.97 Å². The first-order valence-corrected chi connectivity index (χ1v) is 6.87. The molecule has 5 nitrogen and oxygen atoms in total. The van der Waals surface area contributed by atoms with Crippen LogP contribution in [0.5, 0.6) is 0 Å². The Morgan fingerprint density at radius 1 is 1.05 bits per heavy atom. The molecular weight excluding hydrogens is 258 g/mol. The Kier molecular flexibility index (Phi) is 2.97. The molecule has 0 aromatic carbocycles. The molecule has 2 fully saturated rings. The molecule has 0 aromatic heterocycles. The maximum Gasteiger partial charge on any atom is 0.372 e. The van der Waals surface area contributed by atoms with Gasteiger partial charge in [-0.15, -0.1) is 0 Å². The maximum absolute atomic E-state index is 12.6. The molecule has 0 aromatic rings. The minimum Gasteiger partial charge on any atom is -0.501 e. The zero-order valence-corrected chi connectivity index (χ0v) is 12.8. The number of carboxylic acids is 1. The van der Waals surface area contributed by atoms with Crippen molar-refractivity contribution in [2.75, 3.05) is 7.05 Å². The summed E-state index contributed by atoms with van der Waals surface area (Å²) in [4.78, 5) is 25.1. The van der Waals surface area contributed by atoms with Crippen LogP contribution in [0.1, 0.15) is 47.0 Å². The van der Waals surface area contributed by atoms with Gasteiger partial charge in [0.05, 0.1) is 5.70 Å². The molecule has 5 heteroatoms. The van der Waals surface area contributed by atoms with Crippen molar-refractivity contribution < 1.29 is 19.8 Å². The van der Waals surface area contributed by atoms with E-state index in [1.807, 2.05) is 13.8 Å². The summed E-state index contributed by atoms with van der Waals surface area (Å²) in [5.74, 6) is -2.19. The number of aliphatic hydroxyl groups is 1. The van der Waals surface area contributed by atoms with Gasteiger partial charge in [0.25, 0.3) is 0 Å². The Balaban J connectivity index is 2.65. The molecule has 1 saturated carbocycles. The van der Waals surface area contributed by atoms with Crippen molar-refractivity contribution in [3.63, 3.8) is 0 Å². The number of hydrogen-bond donors (Lipinski definition) is 2. The van der Waals surface area contributed by atoms with Crippen LogP contribution < -0.4 is 0 Å². The number of piperidine rings is 1. The number of carbonyl (C=O) groups excluding carboxylic acids is 1. The molecule has 2 atom stereocenters. The third-order valence-electron chi connectivity index (χ3n) is 4.67. The van der Waals surface area contributed by atoms with Gasteiger partial charge < -0.3 is 15.1 Å². The topological polar surface area (TPSA) is 77.8 Å². The first kappa shape index (κ1) is 14.9. The van der Waals surface area contributed by atoms with Gasteiger partial charge in [-0.05, 0) is 24.7 Å². The van der Waals surface area contributed by atoms with Crippen LogP contribution in [0.15, 0.2) is 11.5 Å². The highest BCUT2D eigenvalue weighted by Crippen LogP contribution is 2.61. The van der Waals surface area contributed by atoms with Crippen LogP contribution >= 0.6 is 0 Å². The Labute approximate surface area is 119 Å². The van der Waals surface area contributed by atoms with E-state index in [1.165, 1.54) is 4.90 Å². The van der Waals surface area contributed by atoms with E-state index in [1.54, 1.807) is 7.05 Å². The number of carboxylic acid groups (broad SMARTS) is 1. The van der Waals surface area contributed by atoms with E-state index in [4.69, 9.17) is 5.11 Å². The minimum atomic E-state index is -1.38. The number of carbonyl (C=O) groups is 2. The number of hydrogen-bond acceptors (Lipinski definition) is 3. The van der Waals surface area contributed by atoms with Crippen LogP contribution in [0, 0.1) is 16.2 Å². The first-order valence-electron chi connectivity index (χ1n) is 6.87. The van der Waals surface area contributed by atoms with Gasteiger partial charge in [-0.2, -0.15) is 0 Å². The second-order valence-corrected chi connectivity index (χ2v) is 7.68. The quantitative estimate of drug-likeness (QED) is 0.572. The number of aliphatic hydroxyl groups excluding tert-OH is 1. The zero-order chi connectivity index (χ0) is 15.5. The van der Waals surface area contributed by atoms with Gasteiger partial charge in [0.1, 0.15) is 0 Å². The molecule has 20 heavy (non-hydrogen) atoms. The van der Waals surface area contributed by atoms with Crippen LogP contribution in [0.3, 0.4) is 0 Å². The van der Waals surface area contributed by atoms with Crippen molar-refractivity contribution in [1.29, 1.82) is 0 Å². The number of allylic oxidation sites excluding steroid dienone is 1. The summed E-state index contributed by atoms with van der Waals surface area (Å²) >= 11 is 0. The van der Waals surface area contributed by atoms with E-state index in [9.17, 15) is 14.7 Å². The van der Waals surface area contributed by atoms with E-state index in [0.29, 0.717) is 6.42 Å². The lowest BCUT2D eigenvalue weighted by Crippen LogP contribution is -2.58. The van der Waals surface area contributed by atoms with E-state index in [2.05, 4.69) is 13.8 Å². The Morgan fingerprint density at radius 3 is 2.05 bits per heavy atom. The van der Waals surface area contributed by atoms with E-state index in [-0.39, 0.29) is 17.0 Å². The molecule has 1 heterocycles. The molecule has 2 aliphatic rings. The monoisotopic (exact) mass is 281 g/mol. The first-order chi connectivity index (χ1) is 8.92. The van der Waals surface area contributed by atoms with Crippen molar-refractivity contribution in [2.24, 2.45) is 16.2 Å². The largest absolute Gasteiger partial charge is 0.501 e. The summed E-state index contributed by atoms with van der Waals surface area (Å²) in [5, 5.41) is 19.1. The molecule has 2 unspecified atom stereocenters. The summed E-state index contributed by atoms with van der Waals surface area (Å²) in [6.45, 7) is 8.08. The van der Waals surface area contributed by atoms with Crippen molar-refractivity contribution in [3.05, 3.63) is 11.5 Å². The SMILES string of the molecule is CN1C(=O)C2(C)CC(C)(C)CC(C)(C2)/C1=C(\O)C(=O)O. The summed E-state index contributed by atoms with van der Waals surface area (Å²) < 4.78 is 0. The summed E-state index contributed by atoms with van der Waals surface area (Å²) in [6.07, 6.45) is 2.11. The average molecular weight is 281 g/mol. The number of amides is 1. The second kappa shape index (κ2) is 3.99. The van der Waals surface area contributed by atoms with Gasteiger partial charge in [0.15, 0.2) is 0 Å². The summed E-state index contributed by atoms with van der Waals surface area (Å²) in [5.41, 5.74) is -0.807. The third-order valence-corrected chi connectivity index (χ3v) is 4.67. The fourth-order valence-electron chi connectivity index (χ4n) is 4.94. The van der Waals surface area contributed by atoms with Gasteiger partial charge in [0, 0.05) is 17.9 Å². The smallest absolute Gasteiger partial charge is 0.372 e. The molecule has 0 radical (unpaired) electrons. The maximum atomic E-state index is 12.6. The predicted molar refractivity (Wildman–Crippen MR) is 73.9 cm³/mol. The van der Waals surface area contributed by atoms with Crippen LogP contribution in [-0.4, -0.2) is 34.0 Å². The lowest BCUT2D eigenvalue weighted by molar-refractivity contribution is -0.156. The Morgan fingerprint density at radius 2 is 1.55 bits per heavy atom. The number of fused-ring (bicyclic) bond motifs is 2. The van der Waals surface area contributed by atoms with Gasteiger partial charge in [-0.25, -0.2) is 4.79 Å². The van der Waals surface area contributed by atoms with E-state index >= 15 is 0 Å². The number of aliphatic carboxylic acids is 1. The lowest BCUT2D eigenvalue weighted by atomic mass is 9.51. The molecule has 2 bridgehead atoms. The molecule has 1 saturated heterocycles. The highest BCUT2D eigenvalue weighted by atomic mass is 16.4. The van der Waals surface area contributed by atoms with Crippen LogP contribution in [0.4, 0.5) is 0 Å². The zero-order valence-electron chi connectivity index (χ0n) is 12.8. The molecule has 112 valence electrons. The molecule has 1 amide bonds. The number of nitrogens with zero attached hydrogens (tertiary/aromatic N) is 1. The molecule has 2 N–H and O–H groups in total. The minimum absolute atomic E-state index is 0.0668. The molecule has 1 aliphatic heterocycles. The molecule has 1 aliphatic carbocycles. The van der Waals surface area contributed by atoms with Crippen LogP contribution in [-0.2, 0) is 9.59 Å². The highest BCUT2D eigenvalue weighted by Gasteiger charge is 2.58. The van der Waals surface area contributed by atoms with Gasteiger partial charge in [0.2, 0.25) is 11.7 Å². The number of likely N-dealkylation sites (tertiary alicyclic amines) is 1. The predicted octanol–water partition coefficient (Wildman–Crippen LogP) is 2.54. The molecule has 0 spiro atoms. The van der Waals surface area contributed by atoms with Crippen LogP contribution in [0.2, 0.25) is 0 Å². The second-order valence-electron chi connectivity index (χ2n) is 7.68. The lowest BCUT2D eigenvalue weighted by Gasteiger charge is -2.57. The summed E-state index contributed by atoms with van der Waals surface area (Å²) in [6, 6.07) is 0. The summed E-state index contributed by atoms with van der Waals surface area (Å²) in [7, 11) is 1.56. The number of rotatable bonds is 1. The van der Waals surface area contributed by atoms with Gasteiger partial charge in [-0.3, -0.25) is 4.79 Å². The van der Waals surface area contributed by atoms with Crippen molar-refractivity contribution >= 4 is 11.9 Å². The highest BCUT2D eigenvalue weighted by molar-refractivity contribution is 5.90. The average Bonchev–Trinajstić information content (AvgIpc) is 2.22. The fourth-order valence-corrected chi connectivity index (χ4v) is 4.94. The van der Waals surface area contributed by atoms with E-state index < -0.39 is 22.6 Å². The molecular formula is C15H23NO4. The van der Waals surface area contributed by atoms with E-state index in [0.717, 1.165) is 12.8 Å². The Hall–Kier alpha value is -1.52. The van der Waals surface area contributed by atoms with Crippen molar-refractivity contribution in [2.45, 2.75) is 47.0 Å². The van der Waals surface area contributed by atoms with Crippen molar-refractivity contribution in [3.8, 4) is 0 Å². The van der Waals surface area contributed by atoms with Crippen LogP contribution in [0.25, 0.3) is 0 Å². The Bertz CT molecular complexity index is 522. The fraction of sp³-hybridized carbons (Fsp3) is 0.733.